The Morgan fingerprint density at radius 1 is 1.10 bits per heavy atom. The van der Waals surface area contributed by atoms with Gasteiger partial charge in [-0.3, -0.25) is 4.79 Å². The van der Waals surface area contributed by atoms with Gasteiger partial charge in [0.05, 0.1) is 25.0 Å². The molecule has 0 atom stereocenters. The minimum atomic E-state index is -0.631. The molecule has 156 valence electrons. The van der Waals surface area contributed by atoms with Crippen LogP contribution in [0.3, 0.4) is 0 Å². The smallest absolute Gasteiger partial charge is 0.259 e. The van der Waals surface area contributed by atoms with E-state index in [9.17, 15) is 20.1 Å². The average molecular weight is 409 g/mol. The van der Waals surface area contributed by atoms with Crippen LogP contribution in [0.1, 0.15) is 12.0 Å². The topological polar surface area (TPSA) is 108 Å². The monoisotopic (exact) mass is 409 g/mol. The van der Waals surface area contributed by atoms with E-state index in [2.05, 4.69) is 5.32 Å². The number of anilines is 1. The number of aliphatic hydroxyl groups excluding tert-OH is 2. The van der Waals surface area contributed by atoms with Gasteiger partial charge in [-0.05, 0) is 42.0 Å². The highest BCUT2D eigenvalue weighted by Gasteiger charge is 2.17. The zero-order valence-corrected chi connectivity index (χ0v) is 16.5. The number of rotatable bonds is 7. The lowest BCUT2D eigenvalue weighted by Crippen LogP contribution is -2.16. The van der Waals surface area contributed by atoms with Gasteiger partial charge >= 0.3 is 0 Å². The van der Waals surface area contributed by atoms with Crippen LogP contribution in [0.15, 0.2) is 77.8 Å². The first kappa shape index (κ1) is 20.9. The highest BCUT2D eigenvalue weighted by molar-refractivity contribution is 6.07. The van der Waals surface area contributed by atoms with Gasteiger partial charge in [0.25, 0.3) is 5.91 Å². The molecule has 2 aromatic carbocycles. The molecule has 30 heavy (non-hydrogen) atoms. The van der Waals surface area contributed by atoms with Crippen molar-refractivity contribution in [1.29, 1.82) is 0 Å². The minimum absolute atomic E-state index is 0.0491. The molecule has 2 aromatic rings. The van der Waals surface area contributed by atoms with E-state index in [1.807, 2.05) is 24.3 Å². The molecule has 1 aliphatic carbocycles. The standard InChI is InChI=1S/C23H23NO6/c1-29-18-8-5-15(6-9-18)11-12-30-22-10-7-17(26)14-20(22)24-23(28)19-13-16(25)3-2-4-21(19)27/h2-3,5-10,13-14,25-27H,4,11-12H2,1H3,(H,24,28). The van der Waals surface area contributed by atoms with Crippen LogP contribution in [-0.2, 0) is 11.2 Å². The summed E-state index contributed by atoms with van der Waals surface area (Å²) in [5, 5.41) is 32.2. The molecule has 1 aliphatic rings. The molecule has 1 amide bonds. The Morgan fingerprint density at radius 2 is 1.87 bits per heavy atom. The quantitative estimate of drug-likeness (QED) is 0.547. The van der Waals surface area contributed by atoms with E-state index >= 15 is 0 Å². The number of carbonyl (C=O) groups excluding carboxylic acids is 1. The van der Waals surface area contributed by atoms with E-state index in [1.165, 1.54) is 24.3 Å². The molecule has 0 aliphatic heterocycles. The number of phenols is 1. The average Bonchev–Trinajstić information content (AvgIpc) is 2.90. The predicted octanol–water partition coefficient (Wildman–Crippen LogP) is 4.17. The molecule has 0 aromatic heterocycles. The maximum Gasteiger partial charge on any atom is 0.259 e. The minimum Gasteiger partial charge on any atom is -0.511 e. The Hall–Kier alpha value is -3.87. The number of allylic oxidation sites excluding steroid dienone is 2. The summed E-state index contributed by atoms with van der Waals surface area (Å²) in [6, 6.07) is 12.0. The van der Waals surface area contributed by atoms with Gasteiger partial charge in [0.15, 0.2) is 0 Å². The van der Waals surface area contributed by atoms with Gasteiger partial charge in [-0.15, -0.1) is 0 Å². The summed E-state index contributed by atoms with van der Waals surface area (Å²) < 4.78 is 10.9. The Balaban J connectivity index is 1.70. The van der Waals surface area contributed by atoms with E-state index in [4.69, 9.17) is 9.47 Å². The van der Waals surface area contributed by atoms with Crippen LogP contribution in [0.25, 0.3) is 0 Å². The number of hydrogen-bond donors (Lipinski definition) is 4. The van der Waals surface area contributed by atoms with Crippen molar-refractivity contribution in [3.8, 4) is 17.2 Å². The number of hydrogen-bond acceptors (Lipinski definition) is 6. The Kier molecular flexibility index (Phi) is 6.64. The van der Waals surface area contributed by atoms with E-state index in [0.717, 1.165) is 11.3 Å². The van der Waals surface area contributed by atoms with Gasteiger partial charge in [0, 0.05) is 18.9 Å². The van der Waals surface area contributed by atoms with Crippen LogP contribution >= 0.6 is 0 Å². The van der Waals surface area contributed by atoms with Crippen LogP contribution in [0, 0.1) is 0 Å². The largest absolute Gasteiger partial charge is 0.511 e. The van der Waals surface area contributed by atoms with Crippen molar-refractivity contribution in [2.75, 3.05) is 19.0 Å². The summed E-state index contributed by atoms with van der Waals surface area (Å²) >= 11 is 0. The molecule has 0 fully saturated rings. The van der Waals surface area contributed by atoms with Crippen molar-refractivity contribution in [1.82, 2.24) is 0 Å². The van der Waals surface area contributed by atoms with E-state index in [1.54, 1.807) is 19.3 Å². The van der Waals surface area contributed by atoms with Gasteiger partial charge in [-0.25, -0.2) is 0 Å². The van der Waals surface area contributed by atoms with Gasteiger partial charge in [0.1, 0.15) is 28.8 Å². The van der Waals surface area contributed by atoms with Crippen LogP contribution in [0.4, 0.5) is 5.69 Å². The number of nitrogens with one attached hydrogen (secondary N) is 1. The fourth-order valence-electron chi connectivity index (χ4n) is 2.88. The number of ether oxygens (including phenoxy) is 2. The molecule has 0 radical (unpaired) electrons. The molecule has 7 nitrogen and oxygen atoms in total. The van der Waals surface area contributed by atoms with Gasteiger partial charge in [-0.2, -0.15) is 0 Å². The zero-order chi connectivity index (χ0) is 21.5. The maximum absolute atomic E-state index is 12.6. The number of methoxy groups -OCH3 is 1. The summed E-state index contributed by atoms with van der Waals surface area (Å²) in [5.41, 5.74) is 1.24. The lowest BCUT2D eigenvalue weighted by atomic mass is 10.1. The number of benzene rings is 2. The summed E-state index contributed by atoms with van der Waals surface area (Å²) in [4.78, 5) is 12.6. The van der Waals surface area contributed by atoms with Crippen molar-refractivity contribution in [3.05, 3.63) is 83.3 Å². The first-order valence-corrected chi connectivity index (χ1v) is 9.35. The summed E-state index contributed by atoms with van der Waals surface area (Å²) in [7, 11) is 1.61. The Labute approximate surface area is 174 Å². The summed E-state index contributed by atoms with van der Waals surface area (Å²) in [6.45, 7) is 0.346. The van der Waals surface area contributed by atoms with Crippen LogP contribution in [-0.4, -0.2) is 34.9 Å². The molecule has 0 spiro atoms. The lowest BCUT2D eigenvalue weighted by Gasteiger charge is -2.14. The molecule has 7 heteroatoms. The Bertz CT molecular complexity index is 1000. The zero-order valence-electron chi connectivity index (χ0n) is 16.5. The number of phenolic OH excluding ortho intramolecular Hbond substituents is 1. The van der Waals surface area contributed by atoms with Crippen molar-refractivity contribution >= 4 is 11.6 Å². The fraction of sp³-hybridized carbons (Fsp3) is 0.174. The van der Waals surface area contributed by atoms with E-state index < -0.39 is 5.91 Å². The highest BCUT2D eigenvalue weighted by atomic mass is 16.5. The normalized spacial score (nSPS) is 13.4. The summed E-state index contributed by atoms with van der Waals surface area (Å²) in [6.07, 6.45) is 4.88. The van der Waals surface area contributed by atoms with Gasteiger partial charge in [-0.1, -0.05) is 18.2 Å². The van der Waals surface area contributed by atoms with E-state index in [0.29, 0.717) is 18.8 Å². The molecule has 3 rings (SSSR count). The van der Waals surface area contributed by atoms with Crippen LogP contribution in [0.5, 0.6) is 17.2 Å². The second-order valence-corrected chi connectivity index (χ2v) is 6.62. The van der Waals surface area contributed by atoms with Crippen LogP contribution < -0.4 is 14.8 Å². The lowest BCUT2D eigenvalue weighted by molar-refractivity contribution is -0.112. The molecular formula is C23H23NO6. The molecule has 0 unspecified atom stereocenters. The van der Waals surface area contributed by atoms with Gasteiger partial charge in [0.2, 0.25) is 0 Å². The summed E-state index contributed by atoms with van der Waals surface area (Å²) in [5.74, 6) is 0.149. The molecular weight excluding hydrogens is 386 g/mol. The maximum atomic E-state index is 12.6. The third-order valence-corrected chi connectivity index (χ3v) is 4.47. The van der Waals surface area contributed by atoms with Gasteiger partial charge < -0.3 is 30.1 Å². The number of amides is 1. The second kappa shape index (κ2) is 9.56. The van der Waals surface area contributed by atoms with Crippen molar-refractivity contribution < 1.29 is 29.6 Å². The number of aromatic hydroxyl groups is 1. The molecule has 0 saturated heterocycles. The van der Waals surface area contributed by atoms with E-state index in [-0.39, 0.29) is 34.9 Å². The second-order valence-electron chi connectivity index (χ2n) is 6.62. The molecule has 0 bridgehead atoms. The van der Waals surface area contributed by atoms with Crippen molar-refractivity contribution in [2.24, 2.45) is 0 Å². The number of aliphatic hydroxyl groups is 2. The first-order valence-electron chi connectivity index (χ1n) is 9.35. The SMILES string of the molecule is COc1ccc(CCOc2ccc(O)cc2NC(=O)C2=C(O)CC=CC(O)=C2)cc1. The third kappa shape index (κ3) is 5.35. The van der Waals surface area contributed by atoms with Crippen LogP contribution in [0.2, 0.25) is 0 Å². The third-order valence-electron chi connectivity index (χ3n) is 4.47. The molecule has 0 saturated carbocycles. The predicted molar refractivity (Wildman–Crippen MR) is 113 cm³/mol. The van der Waals surface area contributed by atoms with Crippen molar-refractivity contribution in [3.63, 3.8) is 0 Å². The Morgan fingerprint density at radius 3 is 2.60 bits per heavy atom. The van der Waals surface area contributed by atoms with Crippen molar-refractivity contribution in [2.45, 2.75) is 12.8 Å². The highest BCUT2D eigenvalue weighted by Crippen LogP contribution is 2.30. The molecule has 0 heterocycles. The molecule has 4 N–H and O–H groups in total. The fourth-order valence-corrected chi connectivity index (χ4v) is 2.88. The number of carbonyl (C=O) groups is 1. The first-order chi connectivity index (χ1) is 14.5.